The average molecular weight is 367 g/mol. The van der Waals surface area contributed by atoms with Gasteiger partial charge in [-0.3, -0.25) is 0 Å². The summed E-state index contributed by atoms with van der Waals surface area (Å²) in [5.41, 5.74) is 0. The number of pyridine rings is 1. The SMILES string of the molecule is Fc1cccnc1N1CCC(c2nnc(Cn3ccnc3)n2C2CC2)CC1. The highest BCUT2D eigenvalue weighted by Crippen LogP contribution is 2.40. The maximum atomic E-state index is 14.0. The Morgan fingerprint density at radius 3 is 2.63 bits per heavy atom. The first-order valence-corrected chi connectivity index (χ1v) is 9.54. The molecule has 2 fully saturated rings. The summed E-state index contributed by atoms with van der Waals surface area (Å²) in [6.45, 7) is 2.27. The predicted molar refractivity (Wildman–Crippen MR) is 98.0 cm³/mol. The maximum absolute atomic E-state index is 14.0. The van der Waals surface area contributed by atoms with Crippen LogP contribution in [0.25, 0.3) is 0 Å². The molecule has 0 bridgehead atoms. The molecule has 2 aliphatic rings. The van der Waals surface area contributed by atoms with Gasteiger partial charge in [-0.15, -0.1) is 10.2 Å². The molecule has 0 atom stereocenters. The molecule has 0 spiro atoms. The van der Waals surface area contributed by atoms with Gasteiger partial charge in [0.25, 0.3) is 0 Å². The molecule has 8 heteroatoms. The van der Waals surface area contributed by atoms with Crippen molar-refractivity contribution in [2.75, 3.05) is 18.0 Å². The van der Waals surface area contributed by atoms with E-state index in [4.69, 9.17) is 0 Å². The van der Waals surface area contributed by atoms with Crippen molar-refractivity contribution < 1.29 is 4.39 Å². The van der Waals surface area contributed by atoms with E-state index < -0.39 is 0 Å². The number of halogens is 1. The predicted octanol–water partition coefficient (Wildman–Crippen LogP) is 2.78. The highest BCUT2D eigenvalue weighted by molar-refractivity contribution is 5.40. The molecule has 3 aromatic rings. The van der Waals surface area contributed by atoms with Gasteiger partial charge in [0.05, 0.1) is 12.9 Å². The molecule has 0 N–H and O–H groups in total. The minimum Gasteiger partial charge on any atom is -0.354 e. The van der Waals surface area contributed by atoms with E-state index in [0.717, 1.165) is 37.6 Å². The third-order valence-electron chi connectivity index (χ3n) is 5.49. The number of imidazole rings is 1. The van der Waals surface area contributed by atoms with Crippen LogP contribution < -0.4 is 4.90 Å². The first-order valence-electron chi connectivity index (χ1n) is 9.54. The fourth-order valence-corrected chi connectivity index (χ4v) is 3.96. The minimum absolute atomic E-state index is 0.250. The molecular formula is C19H22FN7. The lowest BCUT2D eigenvalue weighted by Crippen LogP contribution is -2.35. The molecule has 1 aliphatic heterocycles. The Morgan fingerprint density at radius 2 is 1.93 bits per heavy atom. The Balaban J connectivity index is 1.34. The van der Waals surface area contributed by atoms with Gasteiger partial charge in [-0.05, 0) is 37.8 Å². The van der Waals surface area contributed by atoms with Crippen LogP contribution in [-0.2, 0) is 6.54 Å². The van der Waals surface area contributed by atoms with Crippen LogP contribution in [0, 0.1) is 5.82 Å². The van der Waals surface area contributed by atoms with Crippen molar-refractivity contribution in [1.29, 1.82) is 0 Å². The van der Waals surface area contributed by atoms with Crippen molar-refractivity contribution in [2.24, 2.45) is 0 Å². The molecule has 0 aromatic carbocycles. The van der Waals surface area contributed by atoms with Gasteiger partial charge in [0, 0.05) is 43.6 Å². The number of aromatic nitrogens is 6. The summed E-state index contributed by atoms with van der Waals surface area (Å²) in [4.78, 5) is 10.4. The van der Waals surface area contributed by atoms with Crippen LogP contribution >= 0.6 is 0 Å². The van der Waals surface area contributed by atoms with E-state index in [1.165, 1.54) is 18.9 Å². The quantitative estimate of drug-likeness (QED) is 0.694. The van der Waals surface area contributed by atoms with Gasteiger partial charge in [-0.1, -0.05) is 0 Å². The van der Waals surface area contributed by atoms with E-state index in [-0.39, 0.29) is 5.82 Å². The first kappa shape index (κ1) is 16.4. The van der Waals surface area contributed by atoms with Crippen LogP contribution in [0.5, 0.6) is 0 Å². The molecule has 27 heavy (non-hydrogen) atoms. The van der Waals surface area contributed by atoms with Gasteiger partial charge in [0.2, 0.25) is 0 Å². The number of hydrogen-bond acceptors (Lipinski definition) is 5. The van der Waals surface area contributed by atoms with Crippen molar-refractivity contribution in [2.45, 2.75) is 44.2 Å². The molecule has 4 heterocycles. The van der Waals surface area contributed by atoms with Crippen LogP contribution in [0.1, 0.15) is 49.3 Å². The van der Waals surface area contributed by atoms with E-state index >= 15 is 0 Å². The summed E-state index contributed by atoms with van der Waals surface area (Å²) in [6, 6.07) is 3.63. The van der Waals surface area contributed by atoms with Crippen LogP contribution in [0.2, 0.25) is 0 Å². The number of piperidine rings is 1. The Morgan fingerprint density at radius 1 is 1.07 bits per heavy atom. The lowest BCUT2D eigenvalue weighted by atomic mass is 9.95. The number of nitrogens with zero attached hydrogens (tertiary/aromatic N) is 7. The van der Waals surface area contributed by atoms with E-state index in [1.54, 1.807) is 18.5 Å². The number of rotatable bonds is 5. The van der Waals surface area contributed by atoms with E-state index in [1.807, 2.05) is 22.0 Å². The first-order chi connectivity index (χ1) is 13.3. The van der Waals surface area contributed by atoms with Crippen LogP contribution in [-0.4, -0.2) is 42.4 Å². The largest absolute Gasteiger partial charge is 0.354 e. The normalized spacial score (nSPS) is 18.2. The van der Waals surface area contributed by atoms with Gasteiger partial charge in [-0.2, -0.15) is 0 Å². The van der Waals surface area contributed by atoms with Gasteiger partial charge < -0.3 is 14.0 Å². The van der Waals surface area contributed by atoms with Crippen molar-refractivity contribution in [3.63, 3.8) is 0 Å². The topological polar surface area (TPSA) is 64.7 Å². The zero-order valence-corrected chi connectivity index (χ0v) is 15.1. The van der Waals surface area contributed by atoms with Crippen LogP contribution in [0.15, 0.2) is 37.1 Å². The van der Waals surface area contributed by atoms with Crippen molar-refractivity contribution in [3.05, 3.63) is 54.5 Å². The van der Waals surface area contributed by atoms with Crippen LogP contribution in [0.4, 0.5) is 10.2 Å². The van der Waals surface area contributed by atoms with Gasteiger partial charge in [0.15, 0.2) is 17.5 Å². The zero-order valence-electron chi connectivity index (χ0n) is 15.1. The molecule has 7 nitrogen and oxygen atoms in total. The Bertz CT molecular complexity index is 908. The van der Waals surface area contributed by atoms with Crippen molar-refractivity contribution in [3.8, 4) is 0 Å². The maximum Gasteiger partial charge on any atom is 0.165 e. The number of anilines is 1. The van der Waals surface area contributed by atoms with E-state index in [9.17, 15) is 4.39 Å². The fourth-order valence-electron chi connectivity index (χ4n) is 3.96. The molecule has 0 amide bonds. The minimum atomic E-state index is -0.250. The fraction of sp³-hybridized carbons (Fsp3) is 0.474. The van der Waals surface area contributed by atoms with Gasteiger partial charge in [-0.25, -0.2) is 14.4 Å². The van der Waals surface area contributed by atoms with Gasteiger partial charge >= 0.3 is 0 Å². The average Bonchev–Trinajstić information content (AvgIpc) is 3.24. The summed E-state index contributed by atoms with van der Waals surface area (Å²) in [5, 5.41) is 9.07. The summed E-state index contributed by atoms with van der Waals surface area (Å²) in [6.07, 6.45) is 11.5. The summed E-state index contributed by atoms with van der Waals surface area (Å²) < 4.78 is 18.4. The van der Waals surface area contributed by atoms with Gasteiger partial charge in [0.1, 0.15) is 5.82 Å². The lowest BCUT2D eigenvalue weighted by molar-refractivity contribution is 0.455. The molecule has 0 radical (unpaired) electrons. The van der Waals surface area contributed by atoms with Crippen LogP contribution in [0.3, 0.4) is 0 Å². The Labute approximate surface area is 156 Å². The Kier molecular flexibility index (Phi) is 4.10. The van der Waals surface area contributed by atoms with E-state index in [2.05, 4.69) is 24.7 Å². The second-order valence-electron chi connectivity index (χ2n) is 7.38. The van der Waals surface area contributed by atoms with Crippen molar-refractivity contribution in [1.82, 2.24) is 29.3 Å². The molecule has 5 rings (SSSR count). The summed E-state index contributed by atoms with van der Waals surface area (Å²) >= 11 is 0. The molecule has 3 aromatic heterocycles. The van der Waals surface area contributed by atoms with Crippen molar-refractivity contribution >= 4 is 5.82 Å². The number of hydrogen-bond donors (Lipinski definition) is 0. The monoisotopic (exact) mass is 367 g/mol. The molecular weight excluding hydrogens is 345 g/mol. The third kappa shape index (κ3) is 3.20. The second kappa shape index (κ2) is 6.75. The zero-order chi connectivity index (χ0) is 18.2. The molecule has 1 aliphatic carbocycles. The molecule has 1 saturated carbocycles. The summed E-state index contributed by atoms with van der Waals surface area (Å²) in [5.74, 6) is 2.66. The molecule has 0 unspecified atom stereocenters. The smallest absolute Gasteiger partial charge is 0.165 e. The molecule has 1 saturated heterocycles. The summed E-state index contributed by atoms with van der Waals surface area (Å²) in [7, 11) is 0. The highest BCUT2D eigenvalue weighted by atomic mass is 19.1. The Hall–Kier alpha value is -2.77. The standard InChI is InChI=1S/C19H22FN7/c20-16-2-1-7-22-19(16)26-9-5-14(6-10-26)18-24-23-17(27(18)15-3-4-15)12-25-11-8-21-13-25/h1-2,7-8,11,13-15H,3-6,9-10,12H2. The third-order valence-corrected chi connectivity index (χ3v) is 5.49. The lowest BCUT2D eigenvalue weighted by Gasteiger charge is -2.32. The van der Waals surface area contributed by atoms with E-state index in [0.29, 0.717) is 24.3 Å². The second-order valence-corrected chi connectivity index (χ2v) is 7.38. The molecule has 140 valence electrons. The highest BCUT2D eigenvalue weighted by Gasteiger charge is 2.34.